The molecule has 0 aromatic carbocycles. The molecular weight excluding hydrogens is 248 g/mol. The number of carbonyl (C=O) groups excluding carboxylic acids is 1. The summed E-state index contributed by atoms with van der Waals surface area (Å²) in [5.41, 5.74) is 0. The lowest BCUT2D eigenvalue weighted by Gasteiger charge is -2.23. The zero-order chi connectivity index (χ0) is 12.9. The normalized spacial score (nSPS) is 17.8. The van der Waals surface area contributed by atoms with Crippen LogP contribution in [-0.4, -0.2) is 70.7 Å². The average Bonchev–Trinajstić information content (AvgIpc) is 2.21. The number of rotatable bonds is 7. The van der Waals surface area contributed by atoms with Crippen LogP contribution in [-0.2, 0) is 19.4 Å². The van der Waals surface area contributed by atoms with E-state index in [1.54, 1.807) is 0 Å². The summed E-state index contributed by atoms with van der Waals surface area (Å²) in [6.07, 6.45) is -6.22. The molecular formula is C6H12O9S. The number of aliphatic hydroxyl groups is 4. The molecule has 0 saturated carbocycles. The van der Waals surface area contributed by atoms with Crippen LogP contribution in [0.5, 0.6) is 0 Å². The molecule has 0 aromatic heterocycles. The van der Waals surface area contributed by atoms with Gasteiger partial charge in [0.15, 0.2) is 5.78 Å². The molecule has 10 heteroatoms. The van der Waals surface area contributed by atoms with Gasteiger partial charge in [-0.1, -0.05) is 0 Å². The summed E-state index contributed by atoms with van der Waals surface area (Å²) in [5, 5.41) is 35.1. The third-order valence-electron chi connectivity index (χ3n) is 1.60. The first-order valence-electron chi connectivity index (χ1n) is 3.99. The molecule has 0 rings (SSSR count). The van der Waals surface area contributed by atoms with Crippen molar-refractivity contribution >= 4 is 16.2 Å². The van der Waals surface area contributed by atoms with Crippen molar-refractivity contribution in [3.63, 3.8) is 0 Å². The van der Waals surface area contributed by atoms with Crippen molar-refractivity contribution in [3.05, 3.63) is 0 Å². The van der Waals surface area contributed by atoms with Crippen molar-refractivity contribution in [1.82, 2.24) is 0 Å². The van der Waals surface area contributed by atoms with E-state index in [1.807, 2.05) is 0 Å². The molecule has 96 valence electrons. The quantitative estimate of drug-likeness (QED) is 0.292. The predicted octanol–water partition coefficient (Wildman–Crippen LogP) is -3.55. The number of hydrogen-bond acceptors (Lipinski definition) is 8. The van der Waals surface area contributed by atoms with Gasteiger partial charge in [0.1, 0.15) is 24.9 Å². The summed E-state index contributed by atoms with van der Waals surface area (Å²) in [6.45, 7) is -2.14. The zero-order valence-electron chi connectivity index (χ0n) is 7.92. The molecule has 0 aromatic rings. The molecule has 5 N–H and O–H groups in total. The summed E-state index contributed by atoms with van der Waals surface area (Å²) in [5.74, 6) is -1.24. The third kappa shape index (κ3) is 4.94. The van der Waals surface area contributed by atoms with Crippen LogP contribution in [0.15, 0.2) is 0 Å². The number of ketones is 1. The fourth-order valence-corrected chi connectivity index (χ4v) is 1.36. The van der Waals surface area contributed by atoms with Crippen molar-refractivity contribution < 1.29 is 42.4 Å². The fourth-order valence-electron chi connectivity index (χ4n) is 0.848. The van der Waals surface area contributed by atoms with E-state index in [1.165, 1.54) is 0 Å². The first kappa shape index (κ1) is 15.4. The third-order valence-corrected chi connectivity index (χ3v) is 2.06. The van der Waals surface area contributed by atoms with E-state index in [0.717, 1.165) is 0 Å². The van der Waals surface area contributed by atoms with E-state index >= 15 is 0 Å². The first-order chi connectivity index (χ1) is 7.22. The van der Waals surface area contributed by atoms with Gasteiger partial charge in [-0.2, -0.15) is 8.42 Å². The molecule has 0 bridgehead atoms. The van der Waals surface area contributed by atoms with E-state index in [9.17, 15) is 13.2 Å². The van der Waals surface area contributed by atoms with E-state index in [4.69, 9.17) is 25.0 Å². The Morgan fingerprint density at radius 1 is 1.25 bits per heavy atom. The van der Waals surface area contributed by atoms with Gasteiger partial charge in [-0.05, 0) is 0 Å². The number of Topliss-reactive ketones (excluding diaryl/α,β-unsaturated/α-hetero) is 1. The maximum absolute atomic E-state index is 10.8. The van der Waals surface area contributed by atoms with Crippen molar-refractivity contribution in [2.75, 3.05) is 13.2 Å². The van der Waals surface area contributed by atoms with E-state index in [-0.39, 0.29) is 0 Å². The van der Waals surface area contributed by atoms with Gasteiger partial charge in [0.25, 0.3) is 0 Å². The Balaban J connectivity index is 4.87. The van der Waals surface area contributed by atoms with E-state index < -0.39 is 47.7 Å². The lowest BCUT2D eigenvalue weighted by Crippen LogP contribution is -2.47. The Kier molecular flexibility index (Phi) is 5.96. The van der Waals surface area contributed by atoms with Crippen molar-refractivity contribution in [3.8, 4) is 0 Å². The molecule has 16 heavy (non-hydrogen) atoms. The minimum Gasteiger partial charge on any atom is -0.394 e. The van der Waals surface area contributed by atoms with Gasteiger partial charge in [0, 0.05) is 0 Å². The van der Waals surface area contributed by atoms with Crippen LogP contribution in [0.3, 0.4) is 0 Å². The highest BCUT2D eigenvalue weighted by atomic mass is 32.3. The molecule has 0 heterocycles. The van der Waals surface area contributed by atoms with Gasteiger partial charge >= 0.3 is 10.4 Å². The second-order valence-corrected chi connectivity index (χ2v) is 3.86. The smallest absolute Gasteiger partial charge is 0.394 e. The Morgan fingerprint density at radius 2 is 1.75 bits per heavy atom. The van der Waals surface area contributed by atoms with Crippen LogP contribution >= 0.6 is 0 Å². The summed E-state index contributed by atoms with van der Waals surface area (Å²) >= 11 is 0. The highest BCUT2D eigenvalue weighted by Gasteiger charge is 2.35. The molecule has 0 fully saturated rings. The summed E-state index contributed by atoms with van der Waals surface area (Å²) in [4.78, 5) is 10.8. The van der Waals surface area contributed by atoms with Gasteiger partial charge < -0.3 is 20.4 Å². The lowest BCUT2D eigenvalue weighted by atomic mass is 10.1. The maximum Gasteiger partial charge on any atom is 0.397 e. The molecule has 0 aliphatic carbocycles. The summed E-state index contributed by atoms with van der Waals surface area (Å²) < 4.78 is 32.8. The first-order valence-corrected chi connectivity index (χ1v) is 5.35. The van der Waals surface area contributed by atoms with E-state index in [0.29, 0.717) is 0 Å². The summed E-state index contributed by atoms with van der Waals surface area (Å²) in [6, 6.07) is 0. The van der Waals surface area contributed by atoms with Crippen LogP contribution in [0.4, 0.5) is 0 Å². The fraction of sp³-hybridized carbons (Fsp3) is 0.833. The van der Waals surface area contributed by atoms with Crippen LogP contribution in [0, 0.1) is 0 Å². The van der Waals surface area contributed by atoms with Crippen LogP contribution in [0.2, 0.25) is 0 Å². The molecule has 9 nitrogen and oxygen atoms in total. The Bertz CT molecular complexity index is 323. The largest absolute Gasteiger partial charge is 0.397 e. The van der Waals surface area contributed by atoms with Gasteiger partial charge in [-0.15, -0.1) is 0 Å². The number of carbonyl (C=O) groups is 1. The molecule has 0 unspecified atom stereocenters. The van der Waals surface area contributed by atoms with Gasteiger partial charge in [-0.3, -0.25) is 9.35 Å². The topological polar surface area (TPSA) is 162 Å². The standard InChI is InChI=1S/C6H12O9S/c7-1-3(9)5(11)6(4(10)2-8)15-16(12,13)14/h4-8,10-11H,1-2H2,(H,12,13,14)/t4-,5-,6-/m1/s1. The highest BCUT2D eigenvalue weighted by Crippen LogP contribution is 2.09. The predicted molar refractivity (Wildman–Crippen MR) is 47.6 cm³/mol. The zero-order valence-corrected chi connectivity index (χ0v) is 8.74. The molecule has 0 aliphatic rings. The lowest BCUT2D eigenvalue weighted by molar-refractivity contribution is -0.140. The molecule has 0 radical (unpaired) electrons. The van der Waals surface area contributed by atoms with Gasteiger partial charge in [0.2, 0.25) is 0 Å². The van der Waals surface area contributed by atoms with E-state index in [2.05, 4.69) is 4.18 Å². The maximum atomic E-state index is 10.8. The van der Waals surface area contributed by atoms with Gasteiger partial charge in [0.05, 0.1) is 6.61 Å². The number of hydrogen-bond donors (Lipinski definition) is 5. The molecule has 0 spiro atoms. The molecule has 3 atom stereocenters. The Hall–Kier alpha value is -0.620. The number of aliphatic hydroxyl groups excluding tert-OH is 4. The minimum absolute atomic E-state index is 1.02. The van der Waals surface area contributed by atoms with Crippen LogP contribution in [0.1, 0.15) is 0 Å². The van der Waals surface area contributed by atoms with Crippen molar-refractivity contribution in [1.29, 1.82) is 0 Å². The Labute approximate surface area is 90.9 Å². The average molecular weight is 260 g/mol. The minimum atomic E-state index is -5.03. The van der Waals surface area contributed by atoms with Crippen LogP contribution in [0.25, 0.3) is 0 Å². The summed E-state index contributed by atoms with van der Waals surface area (Å²) in [7, 11) is -5.03. The second kappa shape index (κ2) is 6.20. The molecule has 0 aliphatic heterocycles. The highest BCUT2D eigenvalue weighted by molar-refractivity contribution is 7.80. The van der Waals surface area contributed by atoms with Crippen LogP contribution < -0.4 is 0 Å². The molecule has 0 saturated heterocycles. The van der Waals surface area contributed by atoms with Crippen molar-refractivity contribution in [2.24, 2.45) is 0 Å². The molecule has 0 amide bonds. The second-order valence-electron chi connectivity index (χ2n) is 2.81. The monoisotopic (exact) mass is 260 g/mol. The SMILES string of the molecule is O=C(CO)[C@@H](O)[C@H](OS(=O)(=O)O)[C@H](O)CO. The van der Waals surface area contributed by atoms with Gasteiger partial charge in [-0.25, -0.2) is 4.18 Å². The van der Waals surface area contributed by atoms with Crippen molar-refractivity contribution in [2.45, 2.75) is 18.3 Å². The Morgan fingerprint density at radius 3 is 2.06 bits per heavy atom.